The Morgan fingerprint density at radius 3 is 2.28 bits per heavy atom. The quantitative estimate of drug-likeness (QED) is 0.273. The van der Waals surface area contributed by atoms with Gasteiger partial charge >= 0.3 is 5.97 Å². The number of aliphatic hydroxyl groups excluding tert-OH is 2. The molecule has 4 rings (SSSR count). The number of ether oxygens (including phenoxy) is 1. The number of Topliss-reactive ketones (excluding diaryl/α,β-unsaturated/α-hetero) is 2. The molecule has 3 N–H and O–H groups in total. The summed E-state index contributed by atoms with van der Waals surface area (Å²) in [5, 5.41) is 33.7. The SMILES string of the molecule is CC(=O)OC(C)(C)C=CC(=O)C(C)(O)C1C(O)CC2(C)C3CC=C4C(CC(O)C(=O)C4(C)C)C3C(=O)CC12C. The van der Waals surface area contributed by atoms with E-state index in [9.17, 15) is 34.5 Å². The molecule has 0 radical (unpaired) electrons. The van der Waals surface area contributed by atoms with E-state index in [2.05, 4.69) is 13.0 Å². The van der Waals surface area contributed by atoms with Crippen molar-refractivity contribution in [2.75, 3.05) is 0 Å². The van der Waals surface area contributed by atoms with Crippen LogP contribution in [0.4, 0.5) is 0 Å². The van der Waals surface area contributed by atoms with E-state index in [0.29, 0.717) is 12.8 Å². The summed E-state index contributed by atoms with van der Waals surface area (Å²) in [7, 11) is 0. The average molecular weight is 545 g/mol. The standard InChI is InChI=1S/C31H44O8/c1-16(32)39-27(2,3)12-11-23(36)31(8,38)25-22(35)15-29(6)19-10-9-18-17(13-20(33)26(37)28(18,4)5)24(19)21(34)14-30(25,29)7/h9,11-12,17,19-20,22,24-25,33,35,38H,10,13-15H2,1-8H3. The first-order chi connectivity index (χ1) is 17.7. The van der Waals surface area contributed by atoms with Gasteiger partial charge in [-0.25, -0.2) is 0 Å². The van der Waals surface area contributed by atoms with Crippen molar-refractivity contribution in [2.24, 2.45) is 39.9 Å². The van der Waals surface area contributed by atoms with Crippen molar-refractivity contribution in [3.63, 3.8) is 0 Å². The molecule has 8 nitrogen and oxygen atoms in total. The fourth-order valence-corrected chi connectivity index (χ4v) is 8.96. The van der Waals surface area contributed by atoms with Crippen molar-refractivity contribution < 1.29 is 39.2 Å². The van der Waals surface area contributed by atoms with Gasteiger partial charge in [-0.3, -0.25) is 19.2 Å². The van der Waals surface area contributed by atoms with E-state index in [-0.39, 0.29) is 36.2 Å². The van der Waals surface area contributed by atoms with Gasteiger partial charge in [0.1, 0.15) is 23.1 Å². The molecule has 4 aliphatic carbocycles. The van der Waals surface area contributed by atoms with Crippen LogP contribution in [0.2, 0.25) is 0 Å². The molecule has 0 spiro atoms. The van der Waals surface area contributed by atoms with E-state index in [0.717, 1.165) is 5.57 Å². The van der Waals surface area contributed by atoms with Gasteiger partial charge in [-0.1, -0.05) is 25.5 Å². The highest BCUT2D eigenvalue weighted by Gasteiger charge is 2.71. The van der Waals surface area contributed by atoms with Gasteiger partial charge in [0.15, 0.2) is 11.6 Å². The second kappa shape index (κ2) is 9.18. The molecule has 0 aromatic rings. The molecule has 3 saturated carbocycles. The summed E-state index contributed by atoms with van der Waals surface area (Å²) >= 11 is 0. The lowest BCUT2D eigenvalue weighted by Gasteiger charge is -2.60. The fourth-order valence-electron chi connectivity index (χ4n) is 8.96. The molecule has 9 unspecified atom stereocenters. The minimum atomic E-state index is -1.98. The first kappa shape index (κ1) is 29.8. The number of aliphatic hydroxyl groups is 3. The van der Waals surface area contributed by atoms with Crippen LogP contribution in [0.1, 0.15) is 81.1 Å². The summed E-state index contributed by atoms with van der Waals surface area (Å²) in [5.74, 6) is -3.11. The van der Waals surface area contributed by atoms with Gasteiger partial charge in [-0.15, -0.1) is 0 Å². The minimum Gasteiger partial charge on any atom is -0.456 e. The van der Waals surface area contributed by atoms with Crippen molar-refractivity contribution in [1.29, 1.82) is 0 Å². The molecular formula is C31H44O8. The summed E-state index contributed by atoms with van der Waals surface area (Å²) in [4.78, 5) is 51.5. The maximum Gasteiger partial charge on any atom is 0.303 e. The average Bonchev–Trinajstić information content (AvgIpc) is 3.00. The normalized spacial score (nSPS) is 41.3. The lowest BCUT2D eigenvalue weighted by Crippen LogP contribution is -2.61. The molecule has 39 heavy (non-hydrogen) atoms. The van der Waals surface area contributed by atoms with E-state index >= 15 is 0 Å². The van der Waals surface area contributed by atoms with Crippen LogP contribution < -0.4 is 0 Å². The highest BCUT2D eigenvalue weighted by molar-refractivity contribution is 5.97. The lowest BCUT2D eigenvalue weighted by molar-refractivity contribution is -0.170. The summed E-state index contributed by atoms with van der Waals surface area (Å²) in [5.41, 5.74) is -4.45. The van der Waals surface area contributed by atoms with Crippen LogP contribution in [0.3, 0.4) is 0 Å². The molecule has 216 valence electrons. The van der Waals surface area contributed by atoms with E-state index < -0.39 is 63.2 Å². The Morgan fingerprint density at radius 1 is 1.08 bits per heavy atom. The first-order valence-corrected chi connectivity index (χ1v) is 14.0. The Balaban J connectivity index is 1.70. The summed E-state index contributed by atoms with van der Waals surface area (Å²) in [6.07, 6.45) is 3.66. The third-order valence-electron chi connectivity index (χ3n) is 10.9. The van der Waals surface area contributed by atoms with Crippen LogP contribution in [0.15, 0.2) is 23.8 Å². The number of allylic oxidation sites excluding steroid dienone is 2. The van der Waals surface area contributed by atoms with Crippen LogP contribution >= 0.6 is 0 Å². The third kappa shape index (κ3) is 4.38. The van der Waals surface area contributed by atoms with Gasteiger partial charge in [-0.2, -0.15) is 0 Å². The smallest absolute Gasteiger partial charge is 0.303 e. The van der Waals surface area contributed by atoms with Crippen LogP contribution in [0.5, 0.6) is 0 Å². The minimum absolute atomic E-state index is 0.0122. The van der Waals surface area contributed by atoms with E-state index in [1.54, 1.807) is 13.8 Å². The highest BCUT2D eigenvalue weighted by atomic mass is 16.6. The van der Waals surface area contributed by atoms with Crippen LogP contribution in [0.25, 0.3) is 0 Å². The molecule has 8 heteroatoms. The predicted octanol–water partition coefficient (Wildman–Crippen LogP) is 3.11. The van der Waals surface area contributed by atoms with Gasteiger partial charge in [0.2, 0.25) is 0 Å². The zero-order chi connectivity index (χ0) is 29.5. The molecule has 0 heterocycles. The number of carbonyl (C=O) groups excluding carboxylic acids is 4. The second-order valence-corrected chi connectivity index (χ2v) is 14.1. The Labute approximate surface area is 230 Å². The maximum atomic E-state index is 14.0. The molecular weight excluding hydrogens is 500 g/mol. The van der Waals surface area contributed by atoms with Crippen LogP contribution in [-0.4, -0.2) is 62.0 Å². The number of esters is 1. The molecule has 0 aliphatic heterocycles. The largest absolute Gasteiger partial charge is 0.456 e. The molecule has 0 amide bonds. The highest BCUT2D eigenvalue weighted by Crippen LogP contribution is 2.71. The van der Waals surface area contributed by atoms with Gasteiger partial charge < -0.3 is 20.1 Å². The lowest BCUT2D eigenvalue weighted by atomic mass is 9.43. The number of hydrogen-bond donors (Lipinski definition) is 3. The molecule has 0 saturated heterocycles. The topological polar surface area (TPSA) is 138 Å². The molecule has 0 aromatic carbocycles. The molecule has 0 bridgehead atoms. The van der Waals surface area contributed by atoms with Crippen LogP contribution in [-0.2, 0) is 23.9 Å². The summed E-state index contributed by atoms with van der Waals surface area (Å²) in [6, 6.07) is 0. The molecule has 3 fully saturated rings. The Hall–Kier alpha value is -2.16. The molecule has 9 atom stereocenters. The van der Waals surface area contributed by atoms with E-state index in [4.69, 9.17) is 4.74 Å². The number of rotatable bonds is 5. The number of carbonyl (C=O) groups is 4. The predicted molar refractivity (Wildman–Crippen MR) is 143 cm³/mol. The number of ketones is 3. The van der Waals surface area contributed by atoms with E-state index in [1.165, 1.54) is 26.0 Å². The van der Waals surface area contributed by atoms with Crippen molar-refractivity contribution in [2.45, 2.75) is 104 Å². The maximum absolute atomic E-state index is 14.0. The van der Waals surface area contributed by atoms with Crippen molar-refractivity contribution in [3.05, 3.63) is 23.8 Å². The Kier molecular flexibility index (Phi) is 7.02. The van der Waals surface area contributed by atoms with Crippen molar-refractivity contribution >= 4 is 23.3 Å². The van der Waals surface area contributed by atoms with Crippen molar-refractivity contribution in [3.8, 4) is 0 Å². The third-order valence-corrected chi connectivity index (χ3v) is 10.9. The number of hydrogen-bond acceptors (Lipinski definition) is 8. The van der Waals surface area contributed by atoms with E-state index in [1.807, 2.05) is 20.8 Å². The van der Waals surface area contributed by atoms with Gasteiger partial charge in [0.25, 0.3) is 0 Å². The monoisotopic (exact) mass is 544 g/mol. The summed E-state index contributed by atoms with van der Waals surface area (Å²) < 4.78 is 5.22. The summed E-state index contributed by atoms with van der Waals surface area (Å²) in [6.45, 7) is 13.5. The fraction of sp³-hybridized carbons (Fsp3) is 0.742. The van der Waals surface area contributed by atoms with Crippen molar-refractivity contribution in [1.82, 2.24) is 0 Å². The molecule has 4 aliphatic rings. The number of fused-ring (bicyclic) bond motifs is 5. The zero-order valence-corrected chi connectivity index (χ0v) is 24.4. The van der Waals surface area contributed by atoms with Gasteiger partial charge in [0, 0.05) is 30.6 Å². The first-order valence-electron chi connectivity index (χ1n) is 14.0. The second-order valence-electron chi connectivity index (χ2n) is 14.1. The van der Waals surface area contributed by atoms with Gasteiger partial charge in [0.05, 0.1) is 6.10 Å². The zero-order valence-electron chi connectivity index (χ0n) is 24.4. The Bertz CT molecular complexity index is 1160. The Morgan fingerprint density at radius 2 is 1.69 bits per heavy atom. The molecule has 0 aromatic heterocycles. The van der Waals surface area contributed by atoms with Gasteiger partial charge in [-0.05, 0) is 88.7 Å². The van der Waals surface area contributed by atoms with Crippen LogP contribution in [0, 0.1) is 39.9 Å².